The quantitative estimate of drug-likeness (QED) is 0.859. The van der Waals surface area contributed by atoms with E-state index in [0.29, 0.717) is 12.2 Å². The second kappa shape index (κ2) is 5.24. The maximum atomic E-state index is 12.7. The van der Waals surface area contributed by atoms with E-state index in [9.17, 15) is 4.79 Å². The van der Waals surface area contributed by atoms with E-state index in [0.717, 1.165) is 24.1 Å². The fraction of sp³-hybridized carbons (Fsp3) is 0.278. The van der Waals surface area contributed by atoms with Crippen molar-refractivity contribution in [2.45, 2.75) is 26.8 Å². The molecule has 3 nitrogen and oxygen atoms in total. The number of benzene rings is 2. The van der Waals surface area contributed by atoms with Crippen molar-refractivity contribution in [2.24, 2.45) is 0 Å². The van der Waals surface area contributed by atoms with Crippen LogP contribution in [0, 0.1) is 13.8 Å². The van der Waals surface area contributed by atoms with Gasteiger partial charge in [-0.25, -0.2) is 0 Å². The van der Waals surface area contributed by atoms with Gasteiger partial charge in [0.15, 0.2) is 0 Å². The topological polar surface area (TPSA) is 46.3 Å². The molecule has 0 aliphatic carbocycles. The highest BCUT2D eigenvalue weighted by Gasteiger charge is 2.25. The first-order valence-corrected chi connectivity index (χ1v) is 7.29. The second-order valence-corrected chi connectivity index (χ2v) is 5.76. The first-order chi connectivity index (χ1) is 10.1. The monoisotopic (exact) mass is 280 g/mol. The zero-order chi connectivity index (χ0) is 15.0. The van der Waals surface area contributed by atoms with Crippen molar-refractivity contribution in [1.29, 1.82) is 0 Å². The summed E-state index contributed by atoms with van der Waals surface area (Å²) in [7, 11) is 0. The average molecular weight is 280 g/mol. The number of fused-ring (bicyclic) bond motifs is 1. The third-order valence-electron chi connectivity index (χ3n) is 4.30. The predicted octanol–water partition coefficient (Wildman–Crippen LogP) is 3.08. The standard InChI is InChI=1S/C18H20N2O/c1-12-4-3-5-13(2)17(12)11-20-9-8-14-6-7-15(19)10-16(14)18(20)21/h3-7,10H,8-9,11,19H2,1-2H3. The molecule has 1 amide bonds. The molecule has 1 aliphatic rings. The summed E-state index contributed by atoms with van der Waals surface area (Å²) in [6.07, 6.45) is 0.895. The van der Waals surface area contributed by atoms with E-state index in [1.54, 1.807) is 6.07 Å². The number of hydrogen-bond acceptors (Lipinski definition) is 2. The van der Waals surface area contributed by atoms with E-state index in [-0.39, 0.29) is 5.91 Å². The van der Waals surface area contributed by atoms with Crippen molar-refractivity contribution in [3.05, 3.63) is 64.2 Å². The van der Waals surface area contributed by atoms with Crippen molar-refractivity contribution >= 4 is 11.6 Å². The van der Waals surface area contributed by atoms with Crippen molar-refractivity contribution in [3.8, 4) is 0 Å². The normalized spacial score (nSPS) is 14.2. The van der Waals surface area contributed by atoms with Crippen LogP contribution >= 0.6 is 0 Å². The first kappa shape index (κ1) is 13.7. The Morgan fingerprint density at radius 3 is 2.57 bits per heavy atom. The van der Waals surface area contributed by atoms with Gasteiger partial charge in [-0.1, -0.05) is 24.3 Å². The van der Waals surface area contributed by atoms with E-state index in [2.05, 4.69) is 32.0 Å². The Kier molecular flexibility index (Phi) is 3.42. The molecule has 3 heteroatoms. The number of rotatable bonds is 2. The molecule has 0 saturated heterocycles. The minimum absolute atomic E-state index is 0.0891. The van der Waals surface area contributed by atoms with Gasteiger partial charge >= 0.3 is 0 Å². The SMILES string of the molecule is Cc1cccc(C)c1CN1CCc2ccc(N)cc2C1=O. The third kappa shape index (κ3) is 2.51. The number of nitrogens with zero attached hydrogens (tertiary/aromatic N) is 1. The zero-order valence-corrected chi connectivity index (χ0v) is 12.5. The Hall–Kier alpha value is -2.29. The molecule has 2 aromatic rings. The van der Waals surface area contributed by atoms with E-state index >= 15 is 0 Å². The van der Waals surface area contributed by atoms with Gasteiger partial charge in [-0.05, 0) is 54.7 Å². The minimum Gasteiger partial charge on any atom is -0.399 e. The Morgan fingerprint density at radius 1 is 1.14 bits per heavy atom. The Balaban J connectivity index is 1.90. The summed E-state index contributed by atoms with van der Waals surface area (Å²) in [6, 6.07) is 11.9. The lowest BCUT2D eigenvalue weighted by Crippen LogP contribution is -2.37. The molecule has 1 aliphatic heterocycles. The summed E-state index contributed by atoms with van der Waals surface area (Å²) in [4.78, 5) is 14.6. The van der Waals surface area contributed by atoms with Crippen molar-refractivity contribution in [1.82, 2.24) is 4.90 Å². The summed E-state index contributed by atoms with van der Waals surface area (Å²) >= 11 is 0. The molecule has 1 heterocycles. The molecule has 2 N–H and O–H groups in total. The lowest BCUT2D eigenvalue weighted by atomic mass is 9.96. The number of carbonyl (C=O) groups excluding carboxylic acids is 1. The predicted molar refractivity (Wildman–Crippen MR) is 85.2 cm³/mol. The fourth-order valence-electron chi connectivity index (χ4n) is 2.98. The molecule has 3 rings (SSSR count). The van der Waals surface area contributed by atoms with Crippen LogP contribution in [0.1, 0.15) is 32.6 Å². The van der Waals surface area contributed by atoms with Gasteiger partial charge in [0.2, 0.25) is 0 Å². The van der Waals surface area contributed by atoms with Crippen LogP contribution in [0.2, 0.25) is 0 Å². The number of nitrogen functional groups attached to an aromatic ring is 1. The summed E-state index contributed by atoms with van der Waals surface area (Å²) in [5.41, 5.74) is 12.1. The van der Waals surface area contributed by atoms with Gasteiger partial charge in [0.05, 0.1) is 0 Å². The van der Waals surface area contributed by atoms with Gasteiger partial charge in [-0.15, -0.1) is 0 Å². The summed E-state index contributed by atoms with van der Waals surface area (Å²) in [5.74, 6) is 0.0891. The maximum Gasteiger partial charge on any atom is 0.254 e. The molecule has 0 fully saturated rings. The molecule has 0 spiro atoms. The highest BCUT2D eigenvalue weighted by atomic mass is 16.2. The lowest BCUT2D eigenvalue weighted by molar-refractivity contribution is 0.0726. The first-order valence-electron chi connectivity index (χ1n) is 7.29. The number of aryl methyl sites for hydroxylation is 2. The molecule has 0 bridgehead atoms. The fourth-order valence-corrected chi connectivity index (χ4v) is 2.98. The molecule has 21 heavy (non-hydrogen) atoms. The molecule has 0 unspecified atom stereocenters. The van der Waals surface area contributed by atoms with Crippen LogP contribution in [0.4, 0.5) is 5.69 Å². The second-order valence-electron chi connectivity index (χ2n) is 5.76. The van der Waals surface area contributed by atoms with Crippen LogP contribution in [0.3, 0.4) is 0 Å². The van der Waals surface area contributed by atoms with Gasteiger partial charge in [0.1, 0.15) is 0 Å². The summed E-state index contributed by atoms with van der Waals surface area (Å²) in [6.45, 7) is 5.64. The Bertz CT molecular complexity index is 686. The number of anilines is 1. The number of nitrogens with two attached hydrogens (primary N) is 1. The number of carbonyl (C=O) groups is 1. The van der Waals surface area contributed by atoms with Gasteiger partial charge in [-0.2, -0.15) is 0 Å². The van der Waals surface area contributed by atoms with E-state index in [1.807, 2.05) is 17.0 Å². The maximum absolute atomic E-state index is 12.7. The molecular weight excluding hydrogens is 260 g/mol. The van der Waals surface area contributed by atoms with Gasteiger partial charge in [0, 0.05) is 24.3 Å². The highest BCUT2D eigenvalue weighted by Crippen LogP contribution is 2.24. The third-order valence-corrected chi connectivity index (χ3v) is 4.30. The number of amides is 1. The summed E-state index contributed by atoms with van der Waals surface area (Å²) < 4.78 is 0. The van der Waals surface area contributed by atoms with Crippen molar-refractivity contribution < 1.29 is 4.79 Å². The zero-order valence-electron chi connectivity index (χ0n) is 12.5. The van der Waals surface area contributed by atoms with Crippen LogP contribution in [-0.2, 0) is 13.0 Å². The molecule has 108 valence electrons. The van der Waals surface area contributed by atoms with Crippen LogP contribution in [0.5, 0.6) is 0 Å². The Labute approximate surface area is 125 Å². The average Bonchev–Trinajstić information content (AvgIpc) is 2.46. The largest absolute Gasteiger partial charge is 0.399 e. The lowest BCUT2D eigenvalue weighted by Gasteiger charge is -2.30. The Morgan fingerprint density at radius 2 is 1.86 bits per heavy atom. The van der Waals surface area contributed by atoms with Crippen LogP contribution in [-0.4, -0.2) is 17.4 Å². The molecule has 0 saturated carbocycles. The molecule has 2 aromatic carbocycles. The van der Waals surface area contributed by atoms with Crippen molar-refractivity contribution in [3.63, 3.8) is 0 Å². The van der Waals surface area contributed by atoms with Gasteiger partial charge in [0.25, 0.3) is 5.91 Å². The summed E-state index contributed by atoms with van der Waals surface area (Å²) in [5, 5.41) is 0. The molecule has 0 aromatic heterocycles. The minimum atomic E-state index is 0.0891. The van der Waals surface area contributed by atoms with E-state index in [1.165, 1.54) is 16.7 Å². The molecule has 0 atom stereocenters. The van der Waals surface area contributed by atoms with E-state index < -0.39 is 0 Å². The van der Waals surface area contributed by atoms with E-state index in [4.69, 9.17) is 5.73 Å². The molecule has 0 radical (unpaired) electrons. The number of hydrogen-bond donors (Lipinski definition) is 1. The van der Waals surface area contributed by atoms with Crippen molar-refractivity contribution in [2.75, 3.05) is 12.3 Å². The van der Waals surface area contributed by atoms with Gasteiger partial charge in [-0.3, -0.25) is 4.79 Å². The highest BCUT2D eigenvalue weighted by molar-refractivity contribution is 5.97. The molecular formula is C18H20N2O. The van der Waals surface area contributed by atoms with Crippen LogP contribution in [0.25, 0.3) is 0 Å². The van der Waals surface area contributed by atoms with Crippen LogP contribution in [0.15, 0.2) is 36.4 Å². The smallest absolute Gasteiger partial charge is 0.254 e. The van der Waals surface area contributed by atoms with Gasteiger partial charge < -0.3 is 10.6 Å². The van der Waals surface area contributed by atoms with Crippen LogP contribution < -0.4 is 5.73 Å².